The molecule has 0 aromatic rings. The first-order valence-corrected chi connectivity index (χ1v) is 7.20. The minimum atomic E-state index is 0.382. The van der Waals surface area contributed by atoms with Crippen molar-refractivity contribution in [2.24, 2.45) is 5.41 Å². The first-order valence-electron chi connectivity index (χ1n) is 7.20. The molecule has 0 aliphatic carbocycles. The molecule has 2 aliphatic rings. The molecule has 0 aromatic carbocycles. The van der Waals surface area contributed by atoms with E-state index in [9.17, 15) is 0 Å². The summed E-state index contributed by atoms with van der Waals surface area (Å²) in [7, 11) is 0. The highest BCUT2D eigenvalue weighted by Gasteiger charge is 2.36. The van der Waals surface area contributed by atoms with Crippen LogP contribution in [-0.4, -0.2) is 49.8 Å². The molecule has 0 saturated carbocycles. The smallest absolute Gasteiger partial charge is 0.0702 e. The van der Waals surface area contributed by atoms with Gasteiger partial charge in [-0.2, -0.15) is 0 Å². The maximum atomic E-state index is 5.79. The van der Waals surface area contributed by atoms with E-state index >= 15 is 0 Å². The van der Waals surface area contributed by atoms with E-state index in [1.165, 1.54) is 19.3 Å². The van der Waals surface area contributed by atoms with Crippen LogP contribution in [0.4, 0.5) is 0 Å². The molecule has 17 heavy (non-hydrogen) atoms. The molecule has 100 valence electrons. The van der Waals surface area contributed by atoms with Crippen molar-refractivity contribution < 1.29 is 4.74 Å². The van der Waals surface area contributed by atoms with Gasteiger partial charge in [0.2, 0.25) is 0 Å². The van der Waals surface area contributed by atoms with Crippen molar-refractivity contribution in [3.8, 4) is 0 Å². The van der Waals surface area contributed by atoms with Crippen LogP contribution >= 0.6 is 0 Å². The van der Waals surface area contributed by atoms with Gasteiger partial charge < -0.3 is 10.1 Å². The Kier molecular flexibility index (Phi) is 4.45. The van der Waals surface area contributed by atoms with E-state index in [0.29, 0.717) is 17.6 Å². The SMILES string of the molecule is CCN(CC1CCCO1)C1CCNCC1(C)C. The summed E-state index contributed by atoms with van der Waals surface area (Å²) in [6, 6.07) is 0.706. The minimum Gasteiger partial charge on any atom is -0.377 e. The van der Waals surface area contributed by atoms with Gasteiger partial charge in [-0.1, -0.05) is 20.8 Å². The van der Waals surface area contributed by atoms with Gasteiger partial charge in [0.05, 0.1) is 6.10 Å². The van der Waals surface area contributed by atoms with Gasteiger partial charge in [-0.05, 0) is 37.8 Å². The van der Waals surface area contributed by atoms with E-state index in [-0.39, 0.29) is 0 Å². The monoisotopic (exact) mass is 240 g/mol. The lowest BCUT2D eigenvalue weighted by molar-refractivity contribution is 0.0141. The number of nitrogens with one attached hydrogen (secondary N) is 1. The molecule has 2 unspecified atom stereocenters. The molecule has 2 rings (SSSR count). The van der Waals surface area contributed by atoms with Crippen molar-refractivity contribution in [3.05, 3.63) is 0 Å². The van der Waals surface area contributed by atoms with E-state index in [4.69, 9.17) is 4.74 Å². The Hall–Kier alpha value is -0.120. The third kappa shape index (κ3) is 3.21. The topological polar surface area (TPSA) is 24.5 Å². The second-order valence-corrected chi connectivity index (χ2v) is 6.19. The highest BCUT2D eigenvalue weighted by atomic mass is 16.5. The van der Waals surface area contributed by atoms with Gasteiger partial charge in [0.25, 0.3) is 0 Å². The molecular formula is C14H28N2O. The van der Waals surface area contributed by atoms with Crippen LogP contribution in [0.25, 0.3) is 0 Å². The summed E-state index contributed by atoms with van der Waals surface area (Å²) in [6.45, 7) is 12.6. The number of hydrogen-bond acceptors (Lipinski definition) is 3. The van der Waals surface area contributed by atoms with Crippen LogP contribution < -0.4 is 5.32 Å². The number of ether oxygens (including phenoxy) is 1. The predicted octanol–water partition coefficient (Wildman–Crippen LogP) is 1.88. The van der Waals surface area contributed by atoms with Crippen molar-refractivity contribution in [2.45, 2.75) is 52.2 Å². The van der Waals surface area contributed by atoms with Gasteiger partial charge in [-0.3, -0.25) is 4.90 Å². The number of hydrogen-bond donors (Lipinski definition) is 1. The van der Waals surface area contributed by atoms with Gasteiger partial charge in [-0.15, -0.1) is 0 Å². The van der Waals surface area contributed by atoms with Crippen molar-refractivity contribution in [3.63, 3.8) is 0 Å². The summed E-state index contributed by atoms with van der Waals surface area (Å²) in [6.07, 6.45) is 4.26. The fraction of sp³-hybridized carbons (Fsp3) is 1.00. The van der Waals surface area contributed by atoms with Crippen LogP contribution in [0, 0.1) is 5.41 Å². The highest BCUT2D eigenvalue weighted by Crippen LogP contribution is 2.30. The van der Waals surface area contributed by atoms with Crippen molar-refractivity contribution >= 4 is 0 Å². The van der Waals surface area contributed by atoms with Crippen LogP contribution in [-0.2, 0) is 4.74 Å². The molecule has 2 fully saturated rings. The second-order valence-electron chi connectivity index (χ2n) is 6.19. The number of nitrogens with zero attached hydrogens (tertiary/aromatic N) is 1. The van der Waals surface area contributed by atoms with E-state index < -0.39 is 0 Å². The molecule has 1 N–H and O–H groups in total. The molecule has 2 aliphatic heterocycles. The number of piperidine rings is 1. The largest absolute Gasteiger partial charge is 0.377 e. The zero-order valence-corrected chi connectivity index (χ0v) is 11.7. The minimum absolute atomic E-state index is 0.382. The zero-order chi connectivity index (χ0) is 12.3. The molecule has 2 atom stereocenters. The molecule has 3 nitrogen and oxygen atoms in total. The van der Waals surface area contributed by atoms with Crippen LogP contribution in [0.1, 0.15) is 40.0 Å². The Balaban J connectivity index is 1.95. The number of rotatable bonds is 4. The maximum absolute atomic E-state index is 5.79. The zero-order valence-electron chi connectivity index (χ0n) is 11.7. The lowest BCUT2D eigenvalue weighted by atomic mass is 9.79. The summed E-state index contributed by atoms with van der Waals surface area (Å²) in [5.74, 6) is 0. The third-order valence-electron chi connectivity index (χ3n) is 4.39. The molecular weight excluding hydrogens is 212 g/mol. The highest BCUT2D eigenvalue weighted by molar-refractivity contribution is 4.92. The fourth-order valence-electron chi connectivity index (χ4n) is 3.36. The van der Waals surface area contributed by atoms with E-state index in [1.54, 1.807) is 0 Å². The molecule has 2 saturated heterocycles. The van der Waals surface area contributed by atoms with Crippen LogP contribution in [0.15, 0.2) is 0 Å². The van der Waals surface area contributed by atoms with Gasteiger partial charge in [0.1, 0.15) is 0 Å². The summed E-state index contributed by atoms with van der Waals surface area (Å²) < 4.78 is 5.79. The predicted molar refractivity (Wildman–Crippen MR) is 71.3 cm³/mol. The molecule has 0 bridgehead atoms. The molecule has 0 aromatic heterocycles. The molecule has 0 spiro atoms. The summed E-state index contributed by atoms with van der Waals surface area (Å²) in [5.41, 5.74) is 0.382. The van der Waals surface area contributed by atoms with E-state index in [0.717, 1.165) is 32.8 Å². The fourth-order valence-corrected chi connectivity index (χ4v) is 3.36. The van der Waals surface area contributed by atoms with Gasteiger partial charge in [-0.25, -0.2) is 0 Å². The third-order valence-corrected chi connectivity index (χ3v) is 4.39. The quantitative estimate of drug-likeness (QED) is 0.812. The Bertz CT molecular complexity index is 236. The molecule has 0 amide bonds. The summed E-state index contributed by atoms with van der Waals surface area (Å²) in [5, 5.41) is 3.52. The average molecular weight is 240 g/mol. The van der Waals surface area contributed by atoms with Crippen LogP contribution in [0.5, 0.6) is 0 Å². The van der Waals surface area contributed by atoms with Crippen molar-refractivity contribution in [1.29, 1.82) is 0 Å². The maximum Gasteiger partial charge on any atom is 0.0702 e. The average Bonchev–Trinajstić information content (AvgIpc) is 2.79. The van der Waals surface area contributed by atoms with Crippen molar-refractivity contribution in [1.82, 2.24) is 10.2 Å². The molecule has 2 heterocycles. The Morgan fingerprint density at radius 1 is 1.35 bits per heavy atom. The van der Waals surface area contributed by atoms with Crippen LogP contribution in [0.2, 0.25) is 0 Å². The van der Waals surface area contributed by atoms with Gasteiger partial charge in [0.15, 0.2) is 0 Å². The van der Waals surface area contributed by atoms with Gasteiger partial charge in [0, 0.05) is 25.7 Å². The standard InChI is InChI=1S/C14H28N2O/c1-4-16(10-12-6-5-9-17-12)13-7-8-15-11-14(13,2)3/h12-13,15H,4-11H2,1-3H3. The van der Waals surface area contributed by atoms with Crippen LogP contribution in [0.3, 0.4) is 0 Å². The second kappa shape index (κ2) is 5.68. The lowest BCUT2D eigenvalue weighted by Crippen LogP contribution is -2.55. The Labute approximate surface area is 106 Å². The summed E-state index contributed by atoms with van der Waals surface area (Å²) in [4.78, 5) is 2.65. The Morgan fingerprint density at radius 3 is 2.76 bits per heavy atom. The first-order chi connectivity index (χ1) is 8.13. The van der Waals surface area contributed by atoms with E-state index in [2.05, 4.69) is 31.0 Å². The normalized spacial score (nSPS) is 33.2. The molecule has 3 heteroatoms. The van der Waals surface area contributed by atoms with Gasteiger partial charge >= 0.3 is 0 Å². The molecule has 0 radical (unpaired) electrons. The van der Waals surface area contributed by atoms with E-state index in [1.807, 2.05) is 0 Å². The number of likely N-dealkylation sites (N-methyl/N-ethyl adjacent to an activating group) is 1. The Morgan fingerprint density at radius 2 is 2.18 bits per heavy atom. The lowest BCUT2D eigenvalue weighted by Gasteiger charge is -2.46. The first kappa shape index (κ1) is 13.3. The summed E-state index contributed by atoms with van der Waals surface area (Å²) >= 11 is 0. The van der Waals surface area contributed by atoms with Crippen molar-refractivity contribution in [2.75, 3.05) is 32.8 Å².